The van der Waals surface area contributed by atoms with E-state index in [1.54, 1.807) is 18.2 Å². The van der Waals surface area contributed by atoms with Crippen molar-refractivity contribution in [3.8, 4) is 0 Å². The third kappa shape index (κ3) is 6.39. The lowest BCUT2D eigenvalue weighted by atomic mass is 10.1. The van der Waals surface area contributed by atoms with Crippen LogP contribution in [0.25, 0.3) is 0 Å². The van der Waals surface area contributed by atoms with Crippen LogP contribution in [0.5, 0.6) is 0 Å². The molecule has 3 rings (SSSR count). The van der Waals surface area contributed by atoms with Gasteiger partial charge in [0.1, 0.15) is 6.54 Å². The predicted octanol–water partition coefficient (Wildman–Crippen LogP) is 5.59. The van der Waals surface area contributed by atoms with Gasteiger partial charge in [0.25, 0.3) is 10.0 Å². The third-order valence-electron chi connectivity index (χ3n) is 4.69. The molecule has 1 amide bonds. The molecule has 0 aliphatic heterocycles. The van der Waals surface area contributed by atoms with Gasteiger partial charge in [-0.1, -0.05) is 59.1 Å². The van der Waals surface area contributed by atoms with E-state index in [9.17, 15) is 13.2 Å². The molecule has 9 heteroatoms. The van der Waals surface area contributed by atoms with Gasteiger partial charge < -0.3 is 5.32 Å². The van der Waals surface area contributed by atoms with Crippen LogP contribution in [0.1, 0.15) is 12.0 Å². The molecule has 1 N–H and O–H groups in total. The summed E-state index contributed by atoms with van der Waals surface area (Å²) < 4.78 is 27.6. The number of carbonyl (C=O) groups excluding carboxylic acids is 1. The Morgan fingerprint density at radius 1 is 0.875 bits per heavy atom. The first-order chi connectivity index (χ1) is 15.3. The van der Waals surface area contributed by atoms with Crippen molar-refractivity contribution in [2.45, 2.75) is 17.7 Å². The minimum absolute atomic E-state index is 0.0217. The van der Waals surface area contributed by atoms with Gasteiger partial charge in [0, 0.05) is 21.6 Å². The summed E-state index contributed by atoms with van der Waals surface area (Å²) in [4.78, 5) is 12.6. The van der Waals surface area contributed by atoms with Gasteiger partial charge >= 0.3 is 0 Å². The fraction of sp³-hybridized carbons (Fsp3) is 0.174. The van der Waals surface area contributed by atoms with Gasteiger partial charge in [-0.05, 0) is 66.9 Å². The highest BCUT2D eigenvalue weighted by atomic mass is 35.5. The number of hydrogen-bond donors (Lipinski definition) is 1. The maximum atomic E-state index is 13.3. The Balaban J connectivity index is 1.72. The monoisotopic (exact) mass is 510 g/mol. The molecule has 3 aromatic carbocycles. The Hall–Kier alpha value is -2.25. The Morgan fingerprint density at radius 2 is 1.59 bits per heavy atom. The molecular weight excluding hydrogens is 491 g/mol. The molecule has 32 heavy (non-hydrogen) atoms. The molecule has 3 aromatic rings. The standard InChI is InChI=1S/C23H21Cl3N2O3S/c24-18-10-12-21(13-11-18)32(30,31)28(20-8-3-7-19(25)15-20)16-23(29)27-14-4-6-17-5-1-2-9-22(17)26/h1-3,5,7-13,15H,4,6,14,16H2,(H,27,29). The fourth-order valence-corrected chi connectivity index (χ4v) is 5.03. The highest BCUT2D eigenvalue weighted by Crippen LogP contribution is 2.26. The summed E-state index contributed by atoms with van der Waals surface area (Å²) >= 11 is 18.1. The first-order valence-electron chi connectivity index (χ1n) is 9.81. The van der Waals surface area contributed by atoms with E-state index in [1.807, 2.05) is 24.3 Å². The van der Waals surface area contributed by atoms with E-state index < -0.39 is 22.5 Å². The van der Waals surface area contributed by atoms with Crippen molar-refractivity contribution < 1.29 is 13.2 Å². The number of halogens is 3. The molecule has 0 saturated carbocycles. The summed E-state index contributed by atoms with van der Waals surface area (Å²) in [5, 5.41) is 4.23. The quantitative estimate of drug-likeness (QED) is 0.381. The second-order valence-electron chi connectivity index (χ2n) is 6.99. The number of aryl methyl sites for hydroxylation is 1. The highest BCUT2D eigenvalue weighted by Gasteiger charge is 2.27. The fourth-order valence-electron chi connectivity index (χ4n) is 3.07. The molecule has 0 aliphatic carbocycles. The van der Waals surface area contributed by atoms with Crippen LogP contribution in [-0.2, 0) is 21.2 Å². The molecular formula is C23H21Cl3N2O3S. The van der Waals surface area contributed by atoms with Crippen LogP contribution in [0.15, 0.2) is 77.7 Å². The second kappa shape index (κ2) is 11.1. The lowest BCUT2D eigenvalue weighted by Crippen LogP contribution is -2.41. The molecule has 0 radical (unpaired) electrons. The molecule has 0 spiro atoms. The smallest absolute Gasteiger partial charge is 0.264 e. The average Bonchev–Trinajstić information content (AvgIpc) is 2.76. The van der Waals surface area contributed by atoms with Crippen LogP contribution in [0.4, 0.5) is 5.69 Å². The molecule has 0 atom stereocenters. The zero-order chi connectivity index (χ0) is 23.1. The van der Waals surface area contributed by atoms with Gasteiger partial charge in [-0.2, -0.15) is 0 Å². The maximum absolute atomic E-state index is 13.3. The van der Waals surface area contributed by atoms with E-state index in [-0.39, 0.29) is 4.90 Å². The molecule has 0 fully saturated rings. The van der Waals surface area contributed by atoms with Crippen LogP contribution < -0.4 is 9.62 Å². The molecule has 5 nitrogen and oxygen atoms in total. The van der Waals surface area contributed by atoms with Gasteiger partial charge in [-0.15, -0.1) is 0 Å². The third-order valence-corrected chi connectivity index (χ3v) is 7.33. The summed E-state index contributed by atoms with van der Waals surface area (Å²) in [6.45, 7) is -0.00811. The highest BCUT2D eigenvalue weighted by molar-refractivity contribution is 7.92. The summed E-state index contributed by atoms with van der Waals surface area (Å²) in [5.74, 6) is -0.429. The number of benzene rings is 3. The van der Waals surface area contributed by atoms with E-state index in [2.05, 4.69) is 5.32 Å². The van der Waals surface area contributed by atoms with Gasteiger partial charge in [-0.3, -0.25) is 9.10 Å². The second-order valence-corrected chi connectivity index (χ2v) is 10.1. The molecule has 0 saturated heterocycles. The summed E-state index contributed by atoms with van der Waals surface area (Å²) in [6, 6.07) is 19.6. The van der Waals surface area contributed by atoms with E-state index in [1.165, 1.54) is 30.3 Å². The van der Waals surface area contributed by atoms with Crippen molar-refractivity contribution >= 4 is 56.4 Å². The lowest BCUT2D eigenvalue weighted by Gasteiger charge is -2.24. The summed E-state index contributed by atoms with van der Waals surface area (Å²) in [5.41, 5.74) is 1.29. The number of nitrogens with one attached hydrogen (secondary N) is 1. The van der Waals surface area contributed by atoms with Crippen LogP contribution >= 0.6 is 34.8 Å². The molecule has 0 unspecified atom stereocenters. The minimum atomic E-state index is -4.02. The van der Waals surface area contributed by atoms with Crippen LogP contribution in [0, 0.1) is 0 Å². The van der Waals surface area contributed by atoms with E-state index in [0.29, 0.717) is 40.1 Å². The maximum Gasteiger partial charge on any atom is 0.264 e. The van der Waals surface area contributed by atoms with Crippen molar-refractivity contribution in [1.29, 1.82) is 0 Å². The van der Waals surface area contributed by atoms with E-state index in [4.69, 9.17) is 34.8 Å². The molecule has 0 bridgehead atoms. The Labute approximate surface area is 203 Å². The number of rotatable bonds is 9. The predicted molar refractivity (Wildman–Crippen MR) is 130 cm³/mol. The summed E-state index contributed by atoms with van der Waals surface area (Å²) in [6.07, 6.45) is 1.36. The zero-order valence-electron chi connectivity index (χ0n) is 17.0. The van der Waals surface area contributed by atoms with Crippen molar-refractivity contribution in [3.05, 3.63) is 93.4 Å². The van der Waals surface area contributed by atoms with Crippen LogP contribution in [0.2, 0.25) is 15.1 Å². The Kier molecular flexibility index (Phi) is 8.43. The normalized spacial score (nSPS) is 11.2. The van der Waals surface area contributed by atoms with E-state index >= 15 is 0 Å². The van der Waals surface area contributed by atoms with Crippen molar-refractivity contribution in [3.63, 3.8) is 0 Å². The first-order valence-corrected chi connectivity index (χ1v) is 12.4. The molecule has 168 valence electrons. The van der Waals surface area contributed by atoms with Crippen LogP contribution in [0.3, 0.4) is 0 Å². The minimum Gasteiger partial charge on any atom is -0.355 e. The average molecular weight is 512 g/mol. The number of anilines is 1. The topological polar surface area (TPSA) is 66.5 Å². The van der Waals surface area contributed by atoms with Gasteiger partial charge in [0.05, 0.1) is 10.6 Å². The van der Waals surface area contributed by atoms with Gasteiger partial charge in [-0.25, -0.2) is 8.42 Å². The van der Waals surface area contributed by atoms with Gasteiger partial charge in [0.15, 0.2) is 0 Å². The Bertz CT molecular complexity index is 1190. The Morgan fingerprint density at radius 3 is 2.28 bits per heavy atom. The zero-order valence-corrected chi connectivity index (χ0v) is 20.1. The van der Waals surface area contributed by atoms with Crippen molar-refractivity contribution in [1.82, 2.24) is 5.32 Å². The number of amides is 1. The number of nitrogens with zero attached hydrogens (tertiary/aromatic N) is 1. The molecule has 0 heterocycles. The van der Waals surface area contributed by atoms with Gasteiger partial charge in [0.2, 0.25) is 5.91 Å². The molecule has 0 aromatic heterocycles. The summed E-state index contributed by atoms with van der Waals surface area (Å²) in [7, 11) is -4.02. The van der Waals surface area contributed by atoms with E-state index in [0.717, 1.165) is 9.87 Å². The first kappa shape index (κ1) is 24.4. The largest absolute Gasteiger partial charge is 0.355 e. The number of carbonyl (C=O) groups is 1. The number of hydrogen-bond acceptors (Lipinski definition) is 3. The number of sulfonamides is 1. The van der Waals surface area contributed by atoms with Crippen molar-refractivity contribution in [2.24, 2.45) is 0 Å². The lowest BCUT2D eigenvalue weighted by molar-refractivity contribution is -0.119. The SMILES string of the molecule is O=C(CN(c1cccc(Cl)c1)S(=O)(=O)c1ccc(Cl)cc1)NCCCc1ccccc1Cl. The van der Waals surface area contributed by atoms with Crippen molar-refractivity contribution in [2.75, 3.05) is 17.4 Å². The van der Waals surface area contributed by atoms with Crippen LogP contribution in [-0.4, -0.2) is 27.4 Å². The molecule has 0 aliphatic rings.